The fourth-order valence-corrected chi connectivity index (χ4v) is 2.42. The van der Waals surface area contributed by atoms with Gasteiger partial charge in [-0.25, -0.2) is 4.79 Å². The summed E-state index contributed by atoms with van der Waals surface area (Å²) >= 11 is 0. The quantitative estimate of drug-likeness (QED) is 0.780. The molecule has 0 unspecified atom stereocenters. The molecule has 0 aromatic carbocycles. The second kappa shape index (κ2) is 6.34. The summed E-state index contributed by atoms with van der Waals surface area (Å²) in [5, 5.41) is 9.29. The highest BCUT2D eigenvalue weighted by Gasteiger charge is 2.36. The highest BCUT2D eigenvalue weighted by Crippen LogP contribution is 2.29. The first-order valence-electron chi connectivity index (χ1n) is 6.82. The van der Waals surface area contributed by atoms with Crippen LogP contribution in [0.4, 0.5) is 0 Å². The van der Waals surface area contributed by atoms with Crippen LogP contribution < -0.4 is 11.2 Å². The smallest absolute Gasteiger partial charge is 0.330 e. The minimum atomic E-state index is -0.529. The number of rotatable bonds is 5. The Labute approximate surface area is 116 Å². The van der Waals surface area contributed by atoms with Gasteiger partial charge in [-0.3, -0.25) is 14.3 Å². The second-order valence-corrected chi connectivity index (χ2v) is 4.72. The molecule has 7 nitrogen and oxygen atoms in total. The van der Waals surface area contributed by atoms with Gasteiger partial charge in [0.05, 0.1) is 12.7 Å². The first-order valence-corrected chi connectivity index (χ1v) is 6.82. The van der Waals surface area contributed by atoms with Crippen LogP contribution in [-0.2, 0) is 15.9 Å². The maximum atomic E-state index is 11.9. The van der Waals surface area contributed by atoms with Crippen molar-refractivity contribution in [1.29, 1.82) is 0 Å². The molecular formula is C13H20N2O5. The van der Waals surface area contributed by atoms with E-state index in [4.69, 9.17) is 9.47 Å². The Morgan fingerprint density at radius 1 is 1.50 bits per heavy atom. The van der Waals surface area contributed by atoms with Crippen molar-refractivity contribution in [1.82, 2.24) is 9.55 Å². The lowest BCUT2D eigenvalue weighted by molar-refractivity contribution is -0.0603. The van der Waals surface area contributed by atoms with Gasteiger partial charge in [-0.2, -0.15) is 0 Å². The molecule has 0 saturated carbocycles. The predicted molar refractivity (Wildman–Crippen MR) is 71.7 cm³/mol. The first-order chi connectivity index (χ1) is 9.60. The summed E-state index contributed by atoms with van der Waals surface area (Å²) in [6, 6.07) is 0. The van der Waals surface area contributed by atoms with Crippen LogP contribution in [0.5, 0.6) is 0 Å². The van der Waals surface area contributed by atoms with Crippen molar-refractivity contribution in [3.8, 4) is 0 Å². The van der Waals surface area contributed by atoms with E-state index in [-0.39, 0.29) is 18.3 Å². The number of hydrogen-bond acceptors (Lipinski definition) is 5. The third-order valence-electron chi connectivity index (χ3n) is 3.47. The van der Waals surface area contributed by atoms with E-state index in [1.54, 1.807) is 0 Å². The standard InChI is InChI=1S/C13H20N2O5/c1-3-8-6-15(13(18)14-12(8)17)11-5-9(19-4-2)10(7-16)20-11/h6,9-11,16H,3-5,7H2,1-2H3,(H,14,17,18)/t9-,10+,11+/m0/s1. The van der Waals surface area contributed by atoms with Gasteiger partial charge in [0.15, 0.2) is 0 Å². The Morgan fingerprint density at radius 2 is 2.25 bits per heavy atom. The van der Waals surface area contributed by atoms with Crippen molar-refractivity contribution in [2.75, 3.05) is 13.2 Å². The van der Waals surface area contributed by atoms with Crippen LogP contribution in [-0.4, -0.2) is 40.1 Å². The predicted octanol–water partition coefficient (Wildman–Crippen LogP) is -0.216. The first kappa shape index (κ1) is 15.0. The molecule has 1 aliphatic heterocycles. The van der Waals surface area contributed by atoms with Crippen molar-refractivity contribution in [3.05, 3.63) is 32.6 Å². The number of hydrogen-bond donors (Lipinski definition) is 2. The number of ether oxygens (including phenoxy) is 2. The lowest BCUT2D eigenvalue weighted by Crippen LogP contribution is -2.34. The lowest BCUT2D eigenvalue weighted by Gasteiger charge is -2.15. The van der Waals surface area contributed by atoms with Crippen LogP contribution in [0.2, 0.25) is 0 Å². The monoisotopic (exact) mass is 284 g/mol. The Morgan fingerprint density at radius 3 is 2.85 bits per heavy atom. The van der Waals surface area contributed by atoms with Gasteiger partial charge in [0.25, 0.3) is 5.56 Å². The second-order valence-electron chi connectivity index (χ2n) is 4.72. The number of aliphatic hydroxyl groups excluding tert-OH is 1. The Hall–Kier alpha value is -1.44. The number of aromatic amines is 1. The third-order valence-corrected chi connectivity index (χ3v) is 3.47. The number of H-pyrrole nitrogens is 1. The van der Waals surface area contributed by atoms with E-state index in [9.17, 15) is 14.7 Å². The Balaban J connectivity index is 2.29. The maximum Gasteiger partial charge on any atom is 0.330 e. The molecule has 2 rings (SSSR count). The SMILES string of the molecule is CCO[C@H]1C[C@H](n2cc(CC)c(=O)[nH]c2=O)O[C@@H]1CO. The number of nitrogens with zero attached hydrogens (tertiary/aromatic N) is 1. The van der Waals surface area contributed by atoms with Crippen molar-refractivity contribution in [2.24, 2.45) is 0 Å². The van der Waals surface area contributed by atoms with Gasteiger partial charge in [-0.05, 0) is 13.3 Å². The molecule has 1 aromatic heterocycles. The third kappa shape index (κ3) is 2.84. The summed E-state index contributed by atoms with van der Waals surface area (Å²) in [5.41, 5.74) is -0.355. The van der Waals surface area contributed by atoms with Crippen LogP contribution in [0.25, 0.3) is 0 Å². The van der Waals surface area contributed by atoms with E-state index in [1.807, 2.05) is 13.8 Å². The lowest BCUT2D eigenvalue weighted by atomic mass is 10.2. The highest BCUT2D eigenvalue weighted by atomic mass is 16.6. The van der Waals surface area contributed by atoms with Gasteiger partial charge < -0.3 is 14.6 Å². The van der Waals surface area contributed by atoms with Gasteiger partial charge >= 0.3 is 5.69 Å². The summed E-state index contributed by atoms with van der Waals surface area (Å²) in [7, 11) is 0. The van der Waals surface area contributed by atoms with Gasteiger partial charge in [0.2, 0.25) is 0 Å². The summed E-state index contributed by atoms with van der Waals surface area (Å²) in [6.45, 7) is 4.05. The topological polar surface area (TPSA) is 93.6 Å². The molecule has 1 fully saturated rings. The molecule has 3 atom stereocenters. The van der Waals surface area contributed by atoms with E-state index in [1.165, 1.54) is 10.8 Å². The molecule has 0 aliphatic carbocycles. The maximum absolute atomic E-state index is 11.9. The van der Waals surface area contributed by atoms with Gasteiger partial charge in [0, 0.05) is 24.8 Å². The Bertz CT molecular complexity index is 565. The van der Waals surface area contributed by atoms with Crippen molar-refractivity contribution >= 4 is 0 Å². The molecule has 0 spiro atoms. The minimum Gasteiger partial charge on any atom is -0.394 e. The van der Waals surface area contributed by atoms with Crippen molar-refractivity contribution < 1.29 is 14.6 Å². The average molecular weight is 284 g/mol. The fourth-order valence-electron chi connectivity index (χ4n) is 2.42. The molecule has 20 heavy (non-hydrogen) atoms. The molecule has 0 amide bonds. The molecule has 2 heterocycles. The summed E-state index contributed by atoms with van der Waals surface area (Å²) in [4.78, 5) is 25.7. The zero-order valence-corrected chi connectivity index (χ0v) is 11.7. The summed E-state index contributed by atoms with van der Waals surface area (Å²) in [6.07, 6.45) is 1.28. The molecule has 112 valence electrons. The molecule has 1 aliphatic rings. The van der Waals surface area contributed by atoms with Crippen LogP contribution in [0.15, 0.2) is 15.8 Å². The van der Waals surface area contributed by atoms with E-state index in [0.29, 0.717) is 25.0 Å². The summed E-state index contributed by atoms with van der Waals surface area (Å²) < 4.78 is 12.5. The molecule has 0 radical (unpaired) electrons. The van der Waals surface area contributed by atoms with E-state index in [0.717, 1.165) is 0 Å². The van der Waals surface area contributed by atoms with Crippen molar-refractivity contribution in [3.63, 3.8) is 0 Å². The van der Waals surface area contributed by atoms with Gasteiger partial charge in [0.1, 0.15) is 12.3 Å². The van der Waals surface area contributed by atoms with Crippen LogP contribution >= 0.6 is 0 Å². The zero-order chi connectivity index (χ0) is 14.7. The molecule has 1 saturated heterocycles. The Kier molecular flexibility index (Phi) is 4.74. The molecule has 7 heteroatoms. The number of aryl methyl sites for hydroxylation is 1. The van der Waals surface area contributed by atoms with E-state index in [2.05, 4.69) is 4.98 Å². The van der Waals surface area contributed by atoms with E-state index >= 15 is 0 Å². The molecule has 2 N–H and O–H groups in total. The fraction of sp³-hybridized carbons (Fsp3) is 0.692. The average Bonchev–Trinajstić information content (AvgIpc) is 2.82. The van der Waals surface area contributed by atoms with Crippen molar-refractivity contribution in [2.45, 2.75) is 45.1 Å². The number of nitrogens with one attached hydrogen (secondary N) is 1. The van der Waals surface area contributed by atoms with Gasteiger partial charge in [-0.1, -0.05) is 6.92 Å². The van der Waals surface area contributed by atoms with Crippen LogP contribution in [0.3, 0.4) is 0 Å². The minimum absolute atomic E-state index is 0.167. The normalized spacial score (nSPS) is 26.1. The van der Waals surface area contributed by atoms with Crippen LogP contribution in [0, 0.1) is 0 Å². The van der Waals surface area contributed by atoms with Crippen LogP contribution in [0.1, 0.15) is 32.1 Å². The number of aliphatic hydroxyl groups is 1. The molecule has 0 bridgehead atoms. The van der Waals surface area contributed by atoms with Gasteiger partial charge in [-0.15, -0.1) is 0 Å². The summed E-state index contributed by atoms with van der Waals surface area (Å²) in [5.74, 6) is 0. The molecular weight excluding hydrogens is 264 g/mol. The largest absolute Gasteiger partial charge is 0.394 e. The van der Waals surface area contributed by atoms with E-state index < -0.39 is 18.0 Å². The zero-order valence-electron chi connectivity index (χ0n) is 11.7. The number of aromatic nitrogens is 2. The highest BCUT2D eigenvalue weighted by molar-refractivity contribution is 5.04. The molecule has 1 aromatic rings.